The Morgan fingerprint density at radius 2 is 2.17 bits per heavy atom. The van der Waals surface area contributed by atoms with Crippen molar-refractivity contribution in [1.82, 2.24) is 5.32 Å². The lowest BCUT2D eigenvalue weighted by Gasteiger charge is -2.16. The Hall–Kier alpha value is -0.136. The average molecular weight is 204 g/mol. The molecule has 71 valence electrons. The molecular formula is C7H18NO2Si2. The van der Waals surface area contributed by atoms with Crippen molar-refractivity contribution in [3.63, 3.8) is 0 Å². The molecule has 0 rings (SSSR count). The fraction of sp³-hybridized carbons (Fsp3) is 0.857. The van der Waals surface area contributed by atoms with E-state index in [9.17, 15) is 4.79 Å². The van der Waals surface area contributed by atoms with Gasteiger partial charge in [-0.2, -0.15) is 0 Å². The first kappa shape index (κ1) is 11.9. The van der Waals surface area contributed by atoms with Gasteiger partial charge in [-0.15, -0.1) is 0 Å². The van der Waals surface area contributed by atoms with Gasteiger partial charge in [0.2, 0.25) is 0 Å². The summed E-state index contributed by atoms with van der Waals surface area (Å²) in [6, 6.07) is 1.15. The minimum absolute atomic E-state index is 0.329. The van der Waals surface area contributed by atoms with Crippen LogP contribution in [0.2, 0.25) is 25.7 Å². The van der Waals surface area contributed by atoms with Gasteiger partial charge in [0, 0.05) is 6.54 Å². The Bertz CT molecular complexity index is 125. The van der Waals surface area contributed by atoms with Gasteiger partial charge in [-0.3, -0.25) is 4.79 Å². The molecule has 0 aliphatic carbocycles. The van der Waals surface area contributed by atoms with Crippen LogP contribution in [0.1, 0.15) is 6.42 Å². The largest absolute Gasteiger partial charge is 0.461 e. The molecule has 0 saturated heterocycles. The summed E-state index contributed by atoms with van der Waals surface area (Å²) in [6.07, 6.45) is 2.69. The molecule has 0 heterocycles. The molecule has 0 aliphatic heterocycles. The fourth-order valence-electron chi connectivity index (χ4n) is 0.745. The van der Waals surface area contributed by atoms with E-state index in [2.05, 4.69) is 25.0 Å². The van der Waals surface area contributed by atoms with Gasteiger partial charge in [0.1, 0.15) is 9.76 Å². The summed E-state index contributed by atoms with van der Waals surface area (Å²) in [7, 11) is -1.59. The first-order chi connectivity index (χ1) is 5.56. The summed E-state index contributed by atoms with van der Waals surface area (Å²) in [5.74, 6) is 0. The van der Waals surface area contributed by atoms with E-state index < -0.39 is 8.32 Å². The predicted molar refractivity (Wildman–Crippen MR) is 56.1 cm³/mol. The molecule has 3 nitrogen and oxygen atoms in total. The molecule has 12 heavy (non-hydrogen) atoms. The van der Waals surface area contributed by atoms with Crippen molar-refractivity contribution in [2.45, 2.75) is 32.1 Å². The van der Waals surface area contributed by atoms with E-state index in [0.717, 1.165) is 19.0 Å². The molecule has 0 aliphatic rings. The summed E-state index contributed by atoms with van der Waals surface area (Å²) >= 11 is 0. The molecule has 0 aromatic rings. The van der Waals surface area contributed by atoms with Gasteiger partial charge in [0.15, 0.2) is 8.32 Å². The van der Waals surface area contributed by atoms with Crippen LogP contribution < -0.4 is 5.32 Å². The molecule has 0 saturated carbocycles. The summed E-state index contributed by atoms with van der Waals surface area (Å²) in [5.41, 5.74) is 0. The molecule has 5 heteroatoms. The van der Waals surface area contributed by atoms with E-state index in [0.29, 0.717) is 0 Å². The second-order valence-electron chi connectivity index (χ2n) is 3.70. The third kappa shape index (κ3) is 9.86. The molecule has 0 fully saturated rings. The number of rotatable bonds is 7. The first-order valence-corrected chi connectivity index (χ1v) is 9.29. The van der Waals surface area contributed by atoms with Crippen molar-refractivity contribution in [2.24, 2.45) is 0 Å². The SMILES string of the molecule is C[Si](C)(C)O[SiH2]CCCN[C]=O. The maximum atomic E-state index is 9.75. The Kier molecular flexibility index (Phi) is 6.31. The highest BCUT2D eigenvalue weighted by atomic mass is 28.4. The highest BCUT2D eigenvalue weighted by molar-refractivity contribution is 6.73. The lowest BCUT2D eigenvalue weighted by atomic mass is 10.5. The van der Waals surface area contributed by atoms with Crippen molar-refractivity contribution < 1.29 is 8.91 Å². The smallest absolute Gasteiger partial charge is 0.309 e. The van der Waals surface area contributed by atoms with Crippen LogP contribution in [0.3, 0.4) is 0 Å². The molecule has 0 bridgehead atoms. The lowest BCUT2D eigenvalue weighted by Crippen LogP contribution is -2.27. The Balaban J connectivity index is 3.06. The zero-order valence-electron chi connectivity index (χ0n) is 8.14. The highest BCUT2D eigenvalue weighted by Crippen LogP contribution is 2.02. The molecule has 1 radical (unpaired) electrons. The molecule has 0 unspecified atom stereocenters. The number of amides is 1. The zero-order valence-corrected chi connectivity index (χ0v) is 10.6. The summed E-state index contributed by atoms with van der Waals surface area (Å²) in [4.78, 5) is 9.75. The number of nitrogens with one attached hydrogen (secondary N) is 1. The van der Waals surface area contributed by atoms with Gasteiger partial charge in [0.25, 0.3) is 0 Å². The van der Waals surface area contributed by atoms with Crippen LogP contribution >= 0.6 is 0 Å². The number of hydrogen-bond donors (Lipinski definition) is 1. The summed E-state index contributed by atoms with van der Waals surface area (Å²) < 4.78 is 5.76. The summed E-state index contributed by atoms with van der Waals surface area (Å²) in [5, 5.41) is 2.52. The standard InChI is InChI=1S/C7H18NO2Si2/c1-12(2,3)10-11-6-4-5-8-7-9/h4-6,11H2,1-3H3,(H,8,9). The van der Waals surface area contributed by atoms with Gasteiger partial charge >= 0.3 is 6.41 Å². The molecular weight excluding hydrogens is 186 g/mol. The molecule has 0 aromatic carbocycles. The zero-order chi connectivity index (χ0) is 9.45. The number of carbonyl (C=O) groups excluding carboxylic acids is 1. The van der Waals surface area contributed by atoms with Crippen LogP contribution in [0.4, 0.5) is 0 Å². The Morgan fingerprint density at radius 3 is 2.67 bits per heavy atom. The molecule has 0 atom stereocenters. The van der Waals surface area contributed by atoms with Gasteiger partial charge in [-0.1, -0.05) is 0 Å². The Labute approximate surface area is 78.0 Å². The van der Waals surface area contributed by atoms with Crippen LogP contribution in [0.15, 0.2) is 0 Å². The minimum Gasteiger partial charge on any atom is -0.461 e. The first-order valence-electron chi connectivity index (χ1n) is 4.30. The van der Waals surface area contributed by atoms with Crippen molar-refractivity contribution >= 4 is 24.5 Å². The summed E-state index contributed by atoms with van der Waals surface area (Å²) in [6.45, 7) is 7.36. The second kappa shape index (κ2) is 6.39. The Morgan fingerprint density at radius 1 is 1.50 bits per heavy atom. The lowest BCUT2D eigenvalue weighted by molar-refractivity contribution is 0.540. The molecule has 0 aromatic heterocycles. The molecule has 1 N–H and O–H groups in total. The molecule has 1 amide bonds. The van der Waals surface area contributed by atoms with E-state index in [-0.39, 0.29) is 9.76 Å². The fourth-order valence-corrected chi connectivity index (χ4v) is 4.23. The maximum Gasteiger partial charge on any atom is 0.309 e. The van der Waals surface area contributed by atoms with Gasteiger partial charge in [0.05, 0.1) is 0 Å². The van der Waals surface area contributed by atoms with E-state index in [1.807, 2.05) is 0 Å². The van der Waals surface area contributed by atoms with Gasteiger partial charge in [-0.05, 0) is 32.1 Å². The van der Waals surface area contributed by atoms with Crippen molar-refractivity contribution in [3.8, 4) is 0 Å². The topological polar surface area (TPSA) is 38.3 Å². The van der Waals surface area contributed by atoms with Gasteiger partial charge < -0.3 is 9.43 Å². The third-order valence-electron chi connectivity index (χ3n) is 1.30. The van der Waals surface area contributed by atoms with Crippen LogP contribution in [-0.4, -0.2) is 31.0 Å². The van der Waals surface area contributed by atoms with Crippen LogP contribution in [0, 0.1) is 0 Å². The normalized spacial score (nSPS) is 12.2. The average Bonchev–Trinajstić information content (AvgIpc) is 1.94. The molecule has 0 spiro atoms. The van der Waals surface area contributed by atoms with Crippen molar-refractivity contribution in [3.05, 3.63) is 0 Å². The van der Waals surface area contributed by atoms with E-state index in [1.165, 1.54) is 0 Å². The monoisotopic (exact) mass is 204 g/mol. The van der Waals surface area contributed by atoms with E-state index >= 15 is 0 Å². The second-order valence-corrected chi connectivity index (χ2v) is 10.2. The van der Waals surface area contributed by atoms with Crippen LogP contribution in [0.25, 0.3) is 0 Å². The maximum absolute atomic E-state index is 9.75. The third-order valence-corrected chi connectivity index (χ3v) is 6.37. The minimum atomic E-state index is -1.26. The van der Waals surface area contributed by atoms with Crippen LogP contribution in [-0.2, 0) is 8.91 Å². The quantitative estimate of drug-likeness (QED) is 0.370. The van der Waals surface area contributed by atoms with Crippen molar-refractivity contribution in [1.29, 1.82) is 0 Å². The number of hydrogen-bond acceptors (Lipinski definition) is 2. The predicted octanol–water partition coefficient (Wildman–Crippen LogP) is 0.387. The van der Waals surface area contributed by atoms with Gasteiger partial charge in [-0.25, -0.2) is 0 Å². The van der Waals surface area contributed by atoms with E-state index in [4.69, 9.17) is 4.12 Å². The highest BCUT2D eigenvalue weighted by Gasteiger charge is 2.12. The van der Waals surface area contributed by atoms with E-state index in [1.54, 1.807) is 6.41 Å². The van der Waals surface area contributed by atoms with Crippen molar-refractivity contribution in [2.75, 3.05) is 6.54 Å². The van der Waals surface area contributed by atoms with Crippen LogP contribution in [0.5, 0.6) is 0 Å².